The van der Waals surface area contributed by atoms with E-state index in [9.17, 15) is 9.59 Å². The topological polar surface area (TPSA) is 116 Å². The van der Waals surface area contributed by atoms with Crippen molar-refractivity contribution in [2.45, 2.75) is 142 Å². The lowest BCUT2D eigenvalue weighted by molar-refractivity contribution is -0.275. The molecule has 0 N–H and O–H groups in total. The normalized spacial score (nSPS) is 38.0. The molecule has 56 heavy (non-hydrogen) atoms. The van der Waals surface area contributed by atoms with Gasteiger partial charge >= 0.3 is 11.9 Å². The predicted octanol–water partition coefficient (Wildman–Crippen LogP) is 8.26. The zero-order valence-electron chi connectivity index (χ0n) is 35.7. The summed E-state index contributed by atoms with van der Waals surface area (Å²) in [6.07, 6.45) is -0.209. The summed E-state index contributed by atoms with van der Waals surface area (Å²) in [5, 5.41) is 0. The number of benzene rings is 1. The van der Waals surface area contributed by atoms with Gasteiger partial charge in [-0.1, -0.05) is 97.9 Å². The molecule has 0 unspecified atom stereocenters. The van der Waals surface area contributed by atoms with E-state index in [2.05, 4.69) is 55.0 Å². The highest BCUT2D eigenvalue weighted by Crippen LogP contribution is 2.75. The number of ketones is 1. The number of esters is 2. The maximum absolute atomic E-state index is 16.0. The molecule has 0 aromatic heterocycles. The Bertz CT molecular complexity index is 1610. The molecule has 0 radical (unpaired) electrons. The Hall–Kier alpha value is -2.20. The number of carbonyl (C=O) groups is 3. The van der Waals surface area contributed by atoms with Crippen LogP contribution in [-0.2, 0) is 53.5 Å². The highest BCUT2D eigenvalue weighted by Gasteiger charge is 2.87. The second-order valence-electron chi connectivity index (χ2n) is 17.7. The zero-order chi connectivity index (χ0) is 40.9. The first kappa shape index (κ1) is 43.4. The van der Waals surface area contributed by atoms with E-state index in [0.29, 0.717) is 6.42 Å². The van der Waals surface area contributed by atoms with Gasteiger partial charge in [-0.3, -0.25) is 9.59 Å². The fourth-order valence-electron chi connectivity index (χ4n) is 12.7. The van der Waals surface area contributed by atoms with Crippen LogP contribution in [0.25, 0.3) is 0 Å². The van der Waals surface area contributed by atoms with Gasteiger partial charge in [0.2, 0.25) is 0 Å². The van der Waals surface area contributed by atoms with E-state index in [4.69, 9.17) is 32.5 Å². The summed E-state index contributed by atoms with van der Waals surface area (Å²) < 4.78 is 47.6. The van der Waals surface area contributed by atoms with Crippen molar-refractivity contribution in [3.05, 3.63) is 48.0 Å². The largest absolute Gasteiger partial charge is 0.468 e. The molecule has 5 aliphatic rings. The van der Waals surface area contributed by atoms with Crippen molar-refractivity contribution in [1.82, 2.24) is 0 Å². The van der Waals surface area contributed by atoms with Crippen molar-refractivity contribution in [3.8, 4) is 0 Å². The van der Waals surface area contributed by atoms with Gasteiger partial charge in [0.15, 0.2) is 22.4 Å². The molecule has 312 valence electrons. The van der Waals surface area contributed by atoms with Crippen LogP contribution in [0.3, 0.4) is 0 Å². The summed E-state index contributed by atoms with van der Waals surface area (Å²) in [4.78, 5) is 45.7. The third-order valence-corrected chi connectivity index (χ3v) is 25.2. The van der Waals surface area contributed by atoms with Crippen LogP contribution in [0.15, 0.2) is 42.5 Å². The summed E-state index contributed by atoms with van der Waals surface area (Å²) in [5.74, 6) is -5.32. The van der Waals surface area contributed by atoms with Crippen LogP contribution in [0, 0.1) is 39.9 Å². The number of rotatable bonds is 16. The van der Waals surface area contributed by atoms with Crippen molar-refractivity contribution < 1.29 is 46.9 Å². The number of ether oxygens (including phenoxy) is 5. The molecule has 5 fully saturated rings. The second-order valence-corrected chi connectivity index (χ2v) is 27.2. The first-order chi connectivity index (χ1) is 26.7. The van der Waals surface area contributed by atoms with E-state index in [0.717, 1.165) is 60.2 Å². The number of allylic oxidation sites excluding steroid dienone is 1. The Morgan fingerprint density at radius 3 is 1.95 bits per heavy atom. The molecule has 2 saturated heterocycles. The van der Waals surface area contributed by atoms with Gasteiger partial charge < -0.3 is 32.5 Å². The molecule has 10 nitrogen and oxygen atoms in total. The quantitative estimate of drug-likeness (QED) is 0.0918. The van der Waals surface area contributed by atoms with E-state index >= 15 is 4.79 Å². The van der Waals surface area contributed by atoms with Crippen LogP contribution in [0.2, 0.25) is 36.3 Å². The molecule has 0 amide bonds. The molecule has 12 heteroatoms. The van der Waals surface area contributed by atoms with Gasteiger partial charge in [-0.2, -0.15) is 0 Å². The van der Waals surface area contributed by atoms with Crippen molar-refractivity contribution in [2.24, 2.45) is 39.9 Å². The molecule has 2 heterocycles. The van der Waals surface area contributed by atoms with E-state index in [1.54, 1.807) is 0 Å². The first-order valence-electron chi connectivity index (χ1n) is 21.4. The Morgan fingerprint density at radius 1 is 0.857 bits per heavy atom. The van der Waals surface area contributed by atoms with Crippen LogP contribution in [0.5, 0.6) is 0 Å². The van der Waals surface area contributed by atoms with E-state index in [1.807, 2.05) is 37.3 Å². The smallest absolute Gasteiger partial charge is 0.366 e. The van der Waals surface area contributed by atoms with Gasteiger partial charge in [0.25, 0.3) is 5.79 Å². The number of carbonyl (C=O) groups excluding carboxylic acids is 3. The van der Waals surface area contributed by atoms with Crippen molar-refractivity contribution >= 4 is 34.4 Å². The van der Waals surface area contributed by atoms with Gasteiger partial charge in [-0.15, -0.1) is 0 Å². The lowest BCUT2D eigenvalue weighted by atomic mass is 9.38. The summed E-state index contributed by atoms with van der Waals surface area (Å²) >= 11 is 0. The Labute approximate surface area is 337 Å². The molecule has 2 aliphatic heterocycles. The highest BCUT2D eigenvalue weighted by molar-refractivity contribution is 6.74. The summed E-state index contributed by atoms with van der Waals surface area (Å²) in [6, 6.07) is 14.9. The molecular formula is C44H68O10Si2. The lowest BCUT2D eigenvalue weighted by Crippen LogP contribution is -2.77. The molecule has 0 bridgehead atoms. The summed E-state index contributed by atoms with van der Waals surface area (Å²) in [6.45, 7) is 21.9. The van der Waals surface area contributed by atoms with Crippen LogP contribution in [0.4, 0.5) is 0 Å². The minimum absolute atomic E-state index is 0.00180. The monoisotopic (exact) mass is 812 g/mol. The third-order valence-electron chi connectivity index (χ3n) is 15.9. The first-order valence-corrected chi connectivity index (χ1v) is 26.4. The van der Waals surface area contributed by atoms with Gasteiger partial charge in [-0.05, 0) is 72.9 Å². The fraction of sp³-hybridized carbons (Fsp3) is 0.750. The molecule has 6 rings (SSSR count). The molecule has 3 saturated carbocycles. The molecule has 11 atom stereocenters. The Morgan fingerprint density at radius 2 is 1.43 bits per heavy atom. The van der Waals surface area contributed by atoms with Gasteiger partial charge in [0, 0.05) is 22.7 Å². The SMILES string of the molecule is C=C1CC[C@@H](C)[C@@H]1[C@]1(C)C(=O)[C@@H]2OC[C@]3(C(=O)OC)[C@H](O[Si](CC)(CC)CC)C[C@H](O[Si](CC)(CC)CC)[C@@]4(CO[C@](OCc5ccccc5)(C(=O)OC)[C@@H]14)[C@@H]23. The van der Waals surface area contributed by atoms with E-state index < -0.39 is 80.8 Å². The molecule has 1 aromatic carbocycles. The molecule has 1 aromatic rings. The number of Topliss-reactive ketones (excluding diaryl/α,β-unsaturated/α-hetero) is 1. The van der Waals surface area contributed by atoms with Crippen molar-refractivity contribution in [2.75, 3.05) is 27.4 Å². The summed E-state index contributed by atoms with van der Waals surface area (Å²) in [5.41, 5.74) is -1.97. The van der Waals surface area contributed by atoms with E-state index in [-0.39, 0.29) is 37.4 Å². The third kappa shape index (κ3) is 6.12. The number of methoxy groups -OCH3 is 2. The molecule has 3 aliphatic carbocycles. The number of hydrogen-bond acceptors (Lipinski definition) is 10. The maximum atomic E-state index is 16.0. The van der Waals surface area contributed by atoms with Crippen LogP contribution in [0.1, 0.15) is 80.2 Å². The molecular weight excluding hydrogens is 745 g/mol. The average molecular weight is 813 g/mol. The minimum atomic E-state index is -2.43. The van der Waals surface area contributed by atoms with Crippen molar-refractivity contribution in [1.29, 1.82) is 0 Å². The zero-order valence-corrected chi connectivity index (χ0v) is 37.7. The van der Waals surface area contributed by atoms with Crippen LogP contribution >= 0.6 is 0 Å². The maximum Gasteiger partial charge on any atom is 0.366 e. The standard InChI is InChI=1S/C44H68O10Si2/c1-12-55(13-2,14-3)53-32-25-33(54-56(15-4,16-5)17-6)43(39(46)48-10)27-50-35-36(43)42(32)28-52-44(40(47)49-11,51-26-31-21-19-18-20-22-31)38(42)41(9,37(35)45)34-29(7)23-24-30(34)8/h18-22,30,32-36,38H,7,12-17,23-28H2,1-6,8-11H3/t30-,32+,33-,34-,35-,36-,38+,41-,42+,43+,44+/m1/s1. The van der Waals surface area contributed by atoms with Gasteiger partial charge in [0.05, 0.1) is 46.2 Å². The Kier molecular flexibility index (Phi) is 12.5. The minimum Gasteiger partial charge on any atom is -0.468 e. The lowest BCUT2D eigenvalue weighted by Gasteiger charge is -2.65. The van der Waals surface area contributed by atoms with Crippen molar-refractivity contribution in [3.63, 3.8) is 0 Å². The van der Waals surface area contributed by atoms with Gasteiger partial charge in [-0.25, -0.2) is 4.79 Å². The highest BCUT2D eigenvalue weighted by atomic mass is 28.4. The van der Waals surface area contributed by atoms with Crippen LogP contribution in [-0.4, -0.2) is 85.9 Å². The van der Waals surface area contributed by atoms with Crippen LogP contribution < -0.4 is 0 Å². The second kappa shape index (κ2) is 16.1. The molecule has 1 spiro atoms. The fourth-order valence-corrected chi connectivity index (χ4v) is 18.5. The number of hydrogen-bond donors (Lipinski definition) is 0. The van der Waals surface area contributed by atoms with Gasteiger partial charge in [0.1, 0.15) is 11.5 Å². The average Bonchev–Trinajstić information content (AvgIpc) is 3.92. The summed E-state index contributed by atoms with van der Waals surface area (Å²) in [7, 11) is -2.06. The predicted molar refractivity (Wildman–Crippen MR) is 218 cm³/mol. The Balaban J connectivity index is 1.70. The van der Waals surface area contributed by atoms with E-state index in [1.165, 1.54) is 14.2 Å².